The number of unbranched alkanes of at least 4 members (excludes halogenated alkanes) is 2. The number of hydrogen-bond donors (Lipinski definition) is 2. The summed E-state index contributed by atoms with van der Waals surface area (Å²) in [4.78, 5) is 25.1. The van der Waals surface area contributed by atoms with E-state index < -0.39 is 0 Å². The first kappa shape index (κ1) is 20.9. The Labute approximate surface area is 136 Å². The second kappa shape index (κ2) is 14.8. The van der Waals surface area contributed by atoms with Gasteiger partial charge in [-0.25, -0.2) is 0 Å². The number of nitrogens with zero attached hydrogens (tertiary/aromatic N) is 1. The molecule has 22 heavy (non-hydrogen) atoms. The lowest BCUT2D eigenvalue weighted by molar-refractivity contribution is -0.122. The molecule has 0 radical (unpaired) electrons. The summed E-state index contributed by atoms with van der Waals surface area (Å²) >= 11 is 0. The van der Waals surface area contributed by atoms with Crippen molar-refractivity contribution in [3.05, 3.63) is 0 Å². The summed E-state index contributed by atoms with van der Waals surface area (Å²) < 4.78 is 0. The summed E-state index contributed by atoms with van der Waals surface area (Å²) in [7, 11) is 2.08. The summed E-state index contributed by atoms with van der Waals surface area (Å²) in [6.07, 6.45) is 7.28. The molecule has 0 aromatic rings. The Morgan fingerprint density at radius 2 is 1.18 bits per heavy atom. The third kappa shape index (κ3) is 13.9. The topological polar surface area (TPSA) is 61.4 Å². The molecular weight excluding hydrogens is 278 g/mol. The van der Waals surface area contributed by atoms with Gasteiger partial charge in [0.1, 0.15) is 0 Å². The summed E-state index contributed by atoms with van der Waals surface area (Å²) in [6, 6.07) is 0. The maximum atomic E-state index is 11.4. The van der Waals surface area contributed by atoms with Crippen LogP contribution < -0.4 is 10.6 Å². The van der Waals surface area contributed by atoms with Gasteiger partial charge in [-0.1, -0.05) is 26.7 Å². The highest BCUT2D eigenvalue weighted by Gasteiger charge is 2.02. The van der Waals surface area contributed by atoms with Gasteiger partial charge in [0, 0.05) is 25.9 Å². The number of amides is 2. The predicted octanol–water partition coefficient (Wildman–Crippen LogP) is 2.31. The zero-order chi connectivity index (χ0) is 16.6. The lowest BCUT2D eigenvalue weighted by Gasteiger charge is -2.16. The summed E-state index contributed by atoms with van der Waals surface area (Å²) in [5.41, 5.74) is 0. The Kier molecular flexibility index (Phi) is 14.1. The molecule has 0 saturated heterocycles. The van der Waals surface area contributed by atoms with Crippen LogP contribution in [0.2, 0.25) is 0 Å². The molecule has 0 aliphatic carbocycles. The monoisotopic (exact) mass is 313 g/mol. The van der Waals surface area contributed by atoms with E-state index in [9.17, 15) is 9.59 Å². The maximum absolute atomic E-state index is 11.4. The molecule has 5 heteroatoms. The van der Waals surface area contributed by atoms with E-state index >= 15 is 0 Å². The normalized spacial score (nSPS) is 10.7. The first-order chi connectivity index (χ1) is 10.6. The van der Waals surface area contributed by atoms with Crippen molar-refractivity contribution in [1.82, 2.24) is 15.5 Å². The lowest BCUT2D eigenvalue weighted by atomic mass is 10.2. The number of hydrogen-bond acceptors (Lipinski definition) is 3. The summed E-state index contributed by atoms with van der Waals surface area (Å²) in [5, 5.41) is 5.90. The fourth-order valence-corrected chi connectivity index (χ4v) is 2.12. The van der Waals surface area contributed by atoms with Crippen LogP contribution in [0.5, 0.6) is 0 Å². The van der Waals surface area contributed by atoms with Crippen molar-refractivity contribution in [1.29, 1.82) is 0 Å². The number of carbonyl (C=O) groups excluding carboxylic acids is 2. The van der Waals surface area contributed by atoms with Crippen LogP contribution in [0.15, 0.2) is 0 Å². The highest BCUT2D eigenvalue weighted by molar-refractivity contribution is 5.76. The predicted molar refractivity (Wildman–Crippen MR) is 91.8 cm³/mol. The van der Waals surface area contributed by atoms with Crippen LogP contribution in [0.1, 0.15) is 65.2 Å². The molecule has 2 amide bonds. The largest absolute Gasteiger partial charge is 0.356 e. The van der Waals surface area contributed by atoms with Crippen molar-refractivity contribution >= 4 is 11.8 Å². The Hall–Kier alpha value is -1.10. The van der Waals surface area contributed by atoms with Gasteiger partial charge in [0.05, 0.1) is 0 Å². The standard InChI is InChI=1S/C17H35N3O2/c1-4-6-10-16(21)18-12-8-14-20(3)15-9-13-19-17(22)11-7-5-2/h4-15H2,1-3H3,(H,18,21)(H,19,22). The first-order valence-corrected chi connectivity index (χ1v) is 8.82. The Morgan fingerprint density at radius 1 is 0.773 bits per heavy atom. The van der Waals surface area contributed by atoms with Gasteiger partial charge in [0.2, 0.25) is 11.8 Å². The van der Waals surface area contributed by atoms with Crippen LogP contribution >= 0.6 is 0 Å². The van der Waals surface area contributed by atoms with Crippen LogP contribution in [0.4, 0.5) is 0 Å². The van der Waals surface area contributed by atoms with Crippen LogP contribution in [-0.4, -0.2) is 49.9 Å². The molecule has 0 spiro atoms. The van der Waals surface area contributed by atoms with Crippen molar-refractivity contribution in [3.63, 3.8) is 0 Å². The van der Waals surface area contributed by atoms with E-state index in [0.29, 0.717) is 12.8 Å². The molecule has 130 valence electrons. The van der Waals surface area contributed by atoms with Crippen molar-refractivity contribution in [2.75, 3.05) is 33.2 Å². The third-order valence-corrected chi connectivity index (χ3v) is 3.59. The third-order valence-electron chi connectivity index (χ3n) is 3.59. The van der Waals surface area contributed by atoms with Gasteiger partial charge in [0.15, 0.2) is 0 Å². The maximum Gasteiger partial charge on any atom is 0.219 e. The summed E-state index contributed by atoms with van der Waals surface area (Å²) in [6.45, 7) is 7.62. The fraction of sp³-hybridized carbons (Fsp3) is 0.882. The molecule has 0 saturated carbocycles. The average molecular weight is 313 g/mol. The van der Waals surface area contributed by atoms with Crippen LogP contribution in [0.3, 0.4) is 0 Å². The molecule has 0 aromatic heterocycles. The molecule has 0 aromatic carbocycles. The minimum Gasteiger partial charge on any atom is -0.356 e. The molecule has 0 aliphatic heterocycles. The van der Waals surface area contributed by atoms with Gasteiger partial charge in [-0.05, 0) is 45.8 Å². The first-order valence-electron chi connectivity index (χ1n) is 8.82. The quantitative estimate of drug-likeness (QED) is 0.484. The minimum absolute atomic E-state index is 0.166. The molecule has 0 heterocycles. The van der Waals surface area contributed by atoms with Crippen molar-refractivity contribution in [2.45, 2.75) is 65.2 Å². The SMILES string of the molecule is CCCCC(=O)NCCCN(C)CCCNC(=O)CCCC. The van der Waals surface area contributed by atoms with Crippen LogP contribution in [0.25, 0.3) is 0 Å². The van der Waals surface area contributed by atoms with Crippen molar-refractivity contribution < 1.29 is 9.59 Å². The zero-order valence-corrected chi connectivity index (χ0v) is 14.7. The molecule has 0 atom stereocenters. The van der Waals surface area contributed by atoms with Crippen molar-refractivity contribution in [3.8, 4) is 0 Å². The Bertz CT molecular complexity index is 268. The van der Waals surface area contributed by atoms with E-state index in [0.717, 1.165) is 64.7 Å². The zero-order valence-electron chi connectivity index (χ0n) is 14.7. The highest BCUT2D eigenvalue weighted by atomic mass is 16.2. The second-order valence-electron chi connectivity index (χ2n) is 5.92. The fourth-order valence-electron chi connectivity index (χ4n) is 2.12. The van der Waals surface area contributed by atoms with Gasteiger partial charge in [-0.3, -0.25) is 9.59 Å². The van der Waals surface area contributed by atoms with E-state index in [1.165, 1.54) is 0 Å². The smallest absolute Gasteiger partial charge is 0.219 e. The lowest BCUT2D eigenvalue weighted by Crippen LogP contribution is -2.30. The molecule has 2 N–H and O–H groups in total. The molecular formula is C17H35N3O2. The minimum atomic E-state index is 0.166. The van der Waals surface area contributed by atoms with E-state index in [2.05, 4.69) is 36.4 Å². The summed E-state index contributed by atoms with van der Waals surface area (Å²) in [5.74, 6) is 0.332. The highest BCUT2D eigenvalue weighted by Crippen LogP contribution is 1.95. The van der Waals surface area contributed by atoms with E-state index in [-0.39, 0.29) is 11.8 Å². The molecule has 0 rings (SSSR count). The van der Waals surface area contributed by atoms with E-state index in [1.54, 1.807) is 0 Å². The van der Waals surface area contributed by atoms with Gasteiger partial charge in [0.25, 0.3) is 0 Å². The van der Waals surface area contributed by atoms with Gasteiger partial charge >= 0.3 is 0 Å². The number of rotatable bonds is 14. The second-order valence-corrected chi connectivity index (χ2v) is 5.92. The van der Waals surface area contributed by atoms with Gasteiger partial charge in [-0.15, -0.1) is 0 Å². The van der Waals surface area contributed by atoms with Crippen LogP contribution in [-0.2, 0) is 9.59 Å². The molecule has 5 nitrogen and oxygen atoms in total. The Morgan fingerprint density at radius 3 is 1.55 bits per heavy atom. The number of carbonyl (C=O) groups is 2. The van der Waals surface area contributed by atoms with Gasteiger partial charge in [-0.2, -0.15) is 0 Å². The molecule has 0 bridgehead atoms. The number of nitrogens with one attached hydrogen (secondary N) is 2. The van der Waals surface area contributed by atoms with Crippen LogP contribution in [0, 0.1) is 0 Å². The van der Waals surface area contributed by atoms with E-state index in [4.69, 9.17) is 0 Å². The molecule has 0 unspecified atom stereocenters. The molecule has 0 aliphatic rings. The average Bonchev–Trinajstić information content (AvgIpc) is 2.51. The van der Waals surface area contributed by atoms with Gasteiger partial charge < -0.3 is 15.5 Å². The molecule has 0 fully saturated rings. The van der Waals surface area contributed by atoms with E-state index in [1.807, 2.05) is 0 Å². The Balaban J connectivity index is 3.41. The van der Waals surface area contributed by atoms with Crippen molar-refractivity contribution in [2.24, 2.45) is 0 Å².